The van der Waals surface area contributed by atoms with E-state index < -0.39 is 0 Å². The fourth-order valence-electron chi connectivity index (χ4n) is 1.25. The van der Waals surface area contributed by atoms with Crippen molar-refractivity contribution >= 4 is 28.4 Å². The van der Waals surface area contributed by atoms with Gasteiger partial charge in [-0.3, -0.25) is 4.99 Å². The molecule has 0 spiro atoms. The van der Waals surface area contributed by atoms with E-state index in [2.05, 4.69) is 39.8 Å². The largest absolute Gasteiger partial charge is 0.369 e. The predicted molar refractivity (Wildman–Crippen MR) is 53.0 cm³/mol. The van der Waals surface area contributed by atoms with Crippen LogP contribution >= 0.6 is 22.6 Å². The highest BCUT2D eigenvalue weighted by molar-refractivity contribution is 14.1. The van der Waals surface area contributed by atoms with E-state index in [0.29, 0.717) is 12.1 Å². The lowest BCUT2D eigenvalue weighted by Crippen LogP contribution is -2.30. The molecule has 0 aliphatic carbocycles. The molecule has 0 aromatic rings. The Hall–Kier alpha value is 0.200. The van der Waals surface area contributed by atoms with E-state index in [-0.39, 0.29) is 0 Å². The zero-order valence-electron chi connectivity index (χ0n) is 6.39. The summed E-state index contributed by atoms with van der Waals surface area (Å²) in [7, 11) is 0. The number of nitrogens with zero attached hydrogens (tertiary/aromatic N) is 1. The second-order valence-corrected chi connectivity index (χ2v) is 3.77. The first-order valence-electron chi connectivity index (χ1n) is 3.61. The van der Waals surface area contributed by atoms with Gasteiger partial charge in [0, 0.05) is 10.5 Å². The van der Waals surface area contributed by atoms with Crippen LogP contribution in [0.1, 0.15) is 20.3 Å². The van der Waals surface area contributed by atoms with Crippen LogP contribution in [0.4, 0.5) is 0 Å². The molecule has 0 aromatic carbocycles. The van der Waals surface area contributed by atoms with Crippen LogP contribution in [0.5, 0.6) is 0 Å². The van der Waals surface area contributed by atoms with Crippen LogP contribution in [0.15, 0.2) is 4.99 Å². The summed E-state index contributed by atoms with van der Waals surface area (Å²) in [4.78, 5) is 4.46. The van der Waals surface area contributed by atoms with Gasteiger partial charge in [0.05, 0.1) is 11.9 Å². The molecule has 1 N–H and O–H groups in total. The third kappa shape index (κ3) is 1.84. The SMILES string of the molecule is CC1=NC(CCI)C(C)N1. The normalized spacial score (nSPS) is 31.7. The maximum atomic E-state index is 4.46. The average Bonchev–Trinajstić information content (AvgIpc) is 2.13. The Kier molecular flexibility index (Phi) is 2.95. The Morgan fingerprint density at radius 1 is 1.70 bits per heavy atom. The van der Waals surface area contributed by atoms with E-state index in [1.807, 2.05) is 6.92 Å². The Morgan fingerprint density at radius 2 is 2.40 bits per heavy atom. The minimum Gasteiger partial charge on any atom is -0.369 e. The van der Waals surface area contributed by atoms with Gasteiger partial charge in [-0.25, -0.2) is 0 Å². The quantitative estimate of drug-likeness (QED) is 0.585. The smallest absolute Gasteiger partial charge is 0.0938 e. The second kappa shape index (κ2) is 3.55. The summed E-state index contributed by atoms with van der Waals surface area (Å²) in [6.45, 7) is 4.22. The van der Waals surface area contributed by atoms with Crippen molar-refractivity contribution in [1.82, 2.24) is 5.32 Å². The summed E-state index contributed by atoms with van der Waals surface area (Å²) in [5.41, 5.74) is 0. The highest BCUT2D eigenvalue weighted by Gasteiger charge is 2.20. The topological polar surface area (TPSA) is 24.4 Å². The van der Waals surface area contributed by atoms with E-state index in [0.717, 1.165) is 5.84 Å². The van der Waals surface area contributed by atoms with Gasteiger partial charge in [-0.1, -0.05) is 22.6 Å². The number of halogens is 1. The van der Waals surface area contributed by atoms with Gasteiger partial charge in [0.25, 0.3) is 0 Å². The lowest BCUT2D eigenvalue weighted by atomic mass is 10.1. The summed E-state index contributed by atoms with van der Waals surface area (Å²) in [6, 6.07) is 1.08. The molecule has 0 amide bonds. The van der Waals surface area contributed by atoms with Crippen LogP contribution in [-0.2, 0) is 0 Å². The second-order valence-electron chi connectivity index (χ2n) is 2.69. The van der Waals surface area contributed by atoms with Crippen molar-refractivity contribution in [1.29, 1.82) is 0 Å². The molecule has 2 nitrogen and oxygen atoms in total. The summed E-state index contributed by atoms with van der Waals surface area (Å²) in [6.07, 6.45) is 1.20. The van der Waals surface area contributed by atoms with Crippen LogP contribution in [0.25, 0.3) is 0 Å². The maximum Gasteiger partial charge on any atom is 0.0938 e. The van der Waals surface area contributed by atoms with Crippen LogP contribution in [0, 0.1) is 0 Å². The van der Waals surface area contributed by atoms with Gasteiger partial charge in [0.1, 0.15) is 0 Å². The van der Waals surface area contributed by atoms with Gasteiger partial charge in [-0.15, -0.1) is 0 Å². The molecule has 0 fully saturated rings. The first-order chi connectivity index (χ1) is 4.74. The van der Waals surface area contributed by atoms with Gasteiger partial charge < -0.3 is 5.32 Å². The molecule has 3 heteroatoms. The molecule has 58 valence electrons. The number of amidine groups is 1. The number of alkyl halides is 1. The summed E-state index contributed by atoms with van der Waals surface area (Å²) < 4.78 is 1.20. The van der Waals surface area contributed by atoms with E-state index in [9.17, 15) is 0 Å². The van der Waals surface area contributed by atoms with E-state index in [1.54, 1.807) is 0 Å². The van der Waals surface area contributed by atoms with Gasteiger partial charge >= 0.3 is 0 Å². The van der Waals surface area contributed by atoms with Crippen LogP contribution in [0.3, 0.4) is 0 Å². The van der Waals surface area contributed by atoms with Gasteiger partial charge in [0.2, 0.25) is 0 Å². The Bertz CT molecular complexity index is 145. The lowest BCUT2D eigenvalue weighted by molar-refractivity contribution is 0.553. The summed E-state index contributed by atoms with van der Waals surface area (Å²) in [5, 5.41) is 3.30. The molecule has 1 heterocycles. The Labute approximate surface area is 75.6 Å². The van der Waals surface area contributed by atoms with Crippen LogP contribution in [-0.4, -0.2) is 22.3 Å². The molecule has 2 unspecified atom stereocenters. The van der Waals surface area contributed by atoms with Gasteiger partial charge in [0.15, 0.2) is 0 Å². The minimum absolute atomic E-state index is 0.525. The van der Waals surface area contributed by atoms with E-state index in [1.165, 1.54) is 10.8 Å². The molecule has 1 rings (SSSR count). The minimum atomic E-state index is 0.525. The molecule has 10 heavy (non-hydrogen) atoms. The van der Waals surface area contributed by atoms with E-state index >= 15 is 0 Å². The predicted octanol–water partition coefficient (Wildman–Crippen LogP) is 1.59. The van der Waals surface area contributed by atoms with Crippen molar-refractivity contribution in [2.24, 2.45) is 4.99 Å². The van der Waals surface area contributed by atoms with Gasteiger partial charge in [-0.2, -0.15) is 0 Å². The Morgan fingerprint density at radius 3 is 2.80 bits per heavy atom. The molecule has 2 atom stereocenters. The monoisotopic (exact) mass is 252 g/mol. The number of hydrogen-bond donors (Lipinski definition) is 1. The highest BCUT2D eigenvalue weighted by atomic mass is 127. The van der Waals surface area contributed by atoms with Crippen molar-refractivity contribution in [3.63, 3.8) is 0 Å². The molecular formula is C7H13IN2. The van der Waals surface area contributed by atoms with Crippen molar-refractivity contribution in [3.05, 3.63) is 0 Å². The average molecular weight is 252 g/mol. The molecule has 1 aliphatic rings. The molecule has 0 bridgehead atoms. The summed E-state index contributed by atoms with van der Waals surface area (Å²) in [5.74, 6) is 1.10. The fourth-order valence-corrected chi connectivity index (χ4v) is 1.89. The zero-order valence-corrected chi connectivity index (χ0v) is 8.55. The number of hydrogen-bond acceptors (Lipinski definition) is 2. The number of rotatable bonds is 2. The molecular weight excluding hydrogens is 239 g/mol. The number of aliphatic imine (C=N–C) groups is 1. The van der Waals surface area contributed by atoms with Crippen molar-refractivity contribution in [3.8, 4) is 0 Å². The molecule has 0 aromatic heterocycles. The zero-order chi connectivity index (χ0) is 7.56. The number of nitrogens with one attached hydrogen (secondary N) is 1. The Balaban J connectivity index is 2.44. The maximum absolute atomic E-state index is 4.46. The first kappa shape index (κ1) is 8.30. The van der Waals surface area contributed by atoms with Gasteiger partial charge in [-0.05, 0) is 20.3 Å². The first-order valence-corrected chi connectivity index (χ1v) is 5.13. The molecule has 0 saturated carbocycles. The summed E-state index contributed by atoms with van der Waals surface area (Å²) >= 11 is 2.40. The van der Waals surface area contributed by atoms with E-state index in [4.69, 9.17) is 0 Å². The standard InChI is InChI=1S/C7H13IN2/c1-5-7(3-4-8)10-6(2)9-5/h5,7H,3-4H2,1-2H3,(H,9,10). The molecule has 0 saturated heterocycles. The lowest BCUT2D eigenvalue weighted by Gasteiger charge is -2.10. The molecule has 0 radical (unpaired) electrons. The van der Waals surface area contributed by atoms with Crippen molar-refractivity contribution < 1.29 is 0 Å². The third-order valence-electron chi connectivity index (χ3n) is 1.78. The van der Waals surface area contributed by atoms with Crippen molar-refractivity contribution in [2.45, 2.75) is 32.4 Å². The fraction of sp³-hybridized carbons (Fsp3) is 0.857. The molecule has 1 aliphatic heterocycles. The van der Waals surface area contributed by atoms with Crippen molar-refractivity contribution in [2.75, 3.05) is 4.43 Å². The highest BCUT2D eigenvalue weighted by Crippen LogP contribution is 2.11. The third-order valence-corrected chi connectivity index (χ3v) is 2.40. The van der Waals surface area contributed by atoms with Crippen LogP contribution < -0.4 is 5.32 Å². The van der Waals surface area contributed by atoms with Crippen LogP contribution in [0.2, 0.25) is 0 Å².